The molecule has 166 valence electrons. The van der Waals surface area contributed by atoms with Gasteiger partial charge in [0.05, 0.1) is 18.3 Å². The standard InChI is InChI=1S/C24H33N5O2/c1-2-16-31-21-10-14-28(15-11-21)18-20-6-3-4-7-22(20)27-24(30)19-8-9-23(25-17-19)29-13-5-12-26-29/h2,5,8-9,12-13,17,20-22H,1,3-4,6-7,10-11,14-16,18H2,(H,27,30)/t20-,22+/m0/s1. The summed E-state index contributed by atoms with van der Waals surface area (Å²) in [4.78, 5) is 19.8. The van der Waals surface area contributed by atoms with Gasteiger partial charge >= 0.3 is 0 Å². The maximum Gasteiger partial charge on any atom is 0.253 e. The molecule has 0 unspecified atom stereocenters. The molecule has 0 aromatic carbocycles. The van der Waals surface area contributed by atoms with Crippen LogP contribution < -0.4 is 5.32 Å². The van der Waals surface area contributed by atoms with E-state index in [1.54, 1.807) is 17.1 Å². The van der Waals surface area contributed by atoms with Gasteiger partial charge in [-0.1, -0.05) is 18.9 Å². The van der Waals surface area contributed by atoms with E-state index in [9.17, 15) is 4.79 Å². The highest BCUT2D eigenvalue weighted by Crippen LogP contribution is 2.27. The molecule has 2 aromatic rings. The van der Waals surface area contributed by atoms with Crippen LogP contribution >= 0.6 is 0 Å². The number of hydrogen-bond acceptors (Lipinski definition) is 5. The van der Waals surface area contributed by atoms with E-state index in [2.05, 4.69) is 26.9 Å². The number of nitrogens with zero attached hydrogens (tertiary/aromatic N) is 4. The second-order valence-corrected chi connectivity index (χ2v) is 8.60. The topological polar surface area (TPSA) is 72.3 Å². The molecular formula is C24H33N5O2. The monoisotopic (exact) mass is 423 g/mol. The third kappa shape index (κ3) is 5.80. The number of piperidine rings is 1. The van der Waals surface area contributed by atoms with Gasteiger partial charge in [-0.25, -0.2) is 9.67 Å². The number of carbonyl (C=O) groups excluding carboxylic acids is 1. The van der Waals surface area contributed by atoms with Gasteiger partial charge in [-0.3, -0.25) is 4.79 Å². The number of nitrogens with one attached hydrogen (secondary N) is 1. The third-order valence-electron chi connectivity index (χ3n) is 6.45. The Labute approximate surface area is 184 Å². The second kappa shape index (κ2) is 10.7. The van der Waals surface area contributed by atoms with E-state index < -0.39 is 0 Å². The van der Waals surface area contributed by atoms with Crippen molar-refractivity contribution in [1.29, 1.82) is 0 Å². The van der Waals surface area contributed by atoms with Gasteiger partial charge in [-0.15, -0.1) is 6.58 Å². The average molecular weight is 424 g/mol. The molecule has 1 saturated carbocycles. The fraction of sp³-hybridized carbons (Fsp3) is 0.542. The Hall–Kier alpha value is -2.51. The number of pyridine rings is 1. The Balaban J connectivity index is 1.30. The number of ether oxygens (including phenoxy) is 1. The summed E-state index contributed by atoms with van der Waals surface area (Å²) in [7, 11) is 0. The zero-order chi connectivity index (χ0) is 21.5. The lowest BCUT2D eigenvalue weighted by Crippen LogP contribution is -2.48. The quantitative estimate of drug-likeness (QED) is 0.660. The summed E-state index contributed by atoms with van der Waals surface area (Å²) in [6.45, 7) is 7.55. The number of amides is 1. The number of rotatable bonds is 8. The first-order chi connectivity index (χ1) is 15.2. The predicted octanol–water partition coefficient (Wildman–Crippen LogP) is 3.22. The molecule has 1 N–H and O–H groups in total. The summed E-state index contributed by atoms with van der Waals surface area (Å²) in [6, 6.07) is 5.73. The maximum absolute atomic E-state index is 12.9. The summed E-state index contributed by atoms with van der Waals surface area (Å²) in [6.07, 6.45) is 14.2. The van der Waals surface area contributed by atoms with Crippen LogP contribution in [0.5, 0.6) is 0 Å². The van der Waals surface area contributed by atoms with Crippen molar-refractivity contribution in [3.8, 4) is 5.82 Å². The van der Waals surface area contributed by atoms with Crippen molar-refractivity contribution < 1.29 is 9.53 Å². The van der Waals surface area contributed by atoms with Crippen molar-refractivity contribution in [2.24, 2.45) is 5.92 Å². The van der Waals surface area contributed by atoms with Crippen LogP contribution in [-0.4, -0.2) is 64.0 Å². The molecule has 2 atom stereocenters. The van der Waals surface area contributed by atoms with E-state index in [4.69, 9.17) is 4.74 Å². The van der Waals surface area contributed by atoms with E-state index >= 15 is 0 Å². The van der Waals surface area contributed by atoms with Gasteiger partial charge in [-0.2, -0.15) is 5.10 Å². The van der Waals surface area contributed by atoms with Crippen LogP contribution in [0, 0.1) is 5.92 Å². The highest BCUT2D eigenvalue weighted by molar-refractivity contribution is 5.94. The van der Waals surface area contributed by atoms with Crippen LogP contribution in [0.2, 0.25) is 0 Å². The maximum atomic E-state index is 12.9. The van der Waals surface area contributed by atoms with Crippen LogP contribution in [0.4, 0.5) is 0 Å². The zero-order valence-electron chi connectivity index (χ0n) is 18.2. The van der Waals surface area contributed by atoms with Gasteiger partial charge in [0.25, 0.3) is 5.91 Å². The first kappa shape index (κ1) is 21.7. The van der Waals surface area contributed by atoms with Crippen LogP contribution in [0.15, 0.2) is 49.4 Å². The lowest BCUT2D eigenvalue weighted by Gasteiger charge is -2.38. The molecular weight excluding hydrogens is 390 g/mol. The van der Waals surface area contributed by atoms with E-state index in [0.29, 0.717) is 30.0 Å². The van der Waals surface area contributed by atoms with Crippen LogP contribution in [0.3, 0.4) is 0 Å². The number of likely N-dealkylation sites (tertiary alicyclic amines) is 1. The number of aromatic nitrogens is 3. The summed E-state index contributed by atoms with van der Waals surface area (Å²) < 4.78 is 7.50. The first-order valence-corrected chi connectivity index (χ1v) is 11.4. The Morgan fingerprint density at radius 2 is 2.06 bits per heavy atom. The van der Waals surface area contributed by atoms with E-state index in [1.165, 1.54) is 19.3 Å². The normalized spacial score (nSPS) is 22.8. The first-order valence-electron chi connectivity index (χ1n) is 11.4. The van der Waals surface area contributed by atoms with Crippen molar-refractivity contribution in [2.45, 2.75) is 50.7 Å². The smallest absolute Gasteiger partial charge is 0.253 e. The minimum Gasteiger partial charge on any atom is -0.374 e. The molecule has 1 saturated heterocycles. The van der Waals surface area contributed by atoms with Gasteiger partial charge in [0.2, 0.25) is 0 Å². The molecule has 0 spiro atoms. The average Bonchev–Trinajstić information content (AvgIpc) is 3.35. The third-order valence-corrected chi connectivity index (χ3v) is 6.45. The molecule has 2 fully saturated rings. The summed E-state index contributed by atoms with van der Waals surface area (Å²) in [5, 5.41) is 7.48. The summed E-state index contributed by atoms with van der Waals surface area (Å²) in [5.74, 6) is 1.17. The van der Waals surface area contributed by atoms with E-state index in [1.807, 2.05) is 30.5 Å². The molecule has 0 bridgehead atoms. The minimum atomic E-state index is -0.0343. The van der Waals surface area contributed by atoms with Crippen molar-refractivity contribution in [3.05, 3.63) is 55.0 Å². The summed E-state index contributed by atoms with van der Waals surface area (Å²) in [5.41, 5.74) is 0.598. The van der Waals surface area contributed by atoms with Gasteiger partial charge in [-0.05, 0) is 49.8 Å². The van der Waals surface area contributed by atoms with E-state index in [0.717, 1.165) is 38.9 Å². The fourth-order valence-corrected chi connectivity index (χ4v) is 4.72. The van der Waals surface area contributed by atoms with E-state index in [-0.39, 0.29) is 11.9 Å². The minimum absolute atomic E-state index is 0.0343. The van der Waals surface area contributed by atoms with Crippen molar-refractivity contribution in [3.63, 3.8) is 0 Å². The Bertz CT molecular complexity index is 828. The molecule has 3 heterocycles. The van der Waals surface area contributed by atoms with Gasteiger partial charge < -0.3 is 15.0 Å². The molecule has 1 amide bonds. The van der Waals surface area contributed by atoms with Gasteiger partial charge in [0.1, 0.15) is 0 Å². The SMILES string of the molecule is C=CCOC1CCN(C[C@@H]2CCCC[C@H]2NC(=O)c2ccc(-n3cccn3)nc2)CC1. The largest absolute Gasteiger partial charge is 0.374 e. The van der Waals surface area contributed by atoms with Crippen molar-refractivity contribution >= 4 is 5.91 Å². The van der Waals surface area contributed by atoms with Crippen LogP contribution in [0.1, 0.15) is 48.9 Å². The Morgan fingerprint density at radius 3 is 2.77 bits per heavy atom. The molecule has 31 heavy (non-hydrogen) atoms. The lowest BCUT2D eigenvalue weighted by atomic mass is 9.83. The molecule has 1 aliphatic carbocycles. The van der Waals surface area contributed by atoms with Gasteiger partial charge in [0.15, 0.2) is 5.82 Å². The molecule has 4 rings (SSSR count). The van der Waals surface area contributed by atoms with Crippen LogP contribution in [-0.2, 0) is 4.74 Å². The molecule has 7 nitrogen and oxygen atoms in total. The number of hydrogen-bond donors (Lipinski definition) is 1. The summed E-state index contributed by atoms with van der Waals surface area (Å²) >= 11 is 0. The molecule has 0 radical (unpaired) electrons. The highest BCUT2D eigenvalue weighted by atomic mass is 16.5. The number of carbonyl (C=O) groups is 1. The Kier molecular flexibility index (Phi) is 7.48. The highest BCUT2D eigenvalue weighted by Gasteiger charge is 2.30. The molecule has 7 heteroatoms. The Morgan fingerprint density at radius 1 is 1.23 bits per heavy atom. The van der Waals surface area contributed by atoms with Crippen LogP contribution in [0.25, 0.3) is 5.82 Å². The molecule has 2 aromatic heterocycles. The predicted molar refractivity (Wildman–Crippen MR) is 120 cm³/mol. The fourth-order valence-electron chi connectivity index (χ4n) is 4.72. The lowest BCUT2D eigenvalue weighted by molar-refractivity contribution is 0.0154. The molecule has 2 aliphatic rings. The zero-order valence-corrected chi connectivity index (χ0v) is 18.2. The van der Waals surface area contributed by atoms with Crippen molar-refractivity contribution in [2.75, 3.05) is 26.2 Å². The van der Waals surface area contributed by atoms with Crippen molar-refractivity contribution in [1.82, 2.24) is 25.0 Å². The van der Waals surface area contributed by atoms with Gasteiger partial charge in [0, 0.05) is 44.3 Å². The second-order valence-electron chi connectivity index (χ2n) is 8.60. The molecule has 1 aliphatic heterocycles.